The predicted octanol–water partition coefficient (Wildman–Crippen LogP) is 7.05. The minimum Gasteiger partial charge on any atom is -0.355 e. The molecule has 0 amide bonds. The zero-order valence-corrected chi connectivity index (χ0v) is 19.8. The summed E-state index contributed by atoms with van der Waals surface area (Å²) in [5.41, 5.74) is 9.00. The second-order valence-electron chi connectivity index (χ2n) is 9.65. The van der Waals surface area contributed by atoms with Crippen LogP contribution in [0, 0.1) is 0 Å². The lowest BCUT2D eigenvalue weighted by atomic mass is 10.0. The van der Waals surface area contributed by atoms with Crippen molar-refractivity contribution in [2.45, 2.75) is 19.8 Å². The number of nitrogens with zero attached hydrogens (tertiary/aromatic N) is 4. The highest BCUT2D eigenvalue weighted by atomic mass is 15.4. The summed E-state index contributed by atoms with van der Waals surface area (Å²) in [6, 6.07) is 29.1. The Kier molecular flexibility index (Phi) is 4.51. The molecule has 2 heterocycles. The lowest BCUT2D eigenvalue weighted by molar-refractivity contribution is 0.860. The molecule has 2 aliphatic rings. The zero-order valence-electron chi connectivity index (χ0n) is 19.8. The van der Waals surface area contributed by atoms with Gasteiger partial charge in [-0.2, -0.15) is 0 Å². The van der Waals surface area contributed by atoms with Crippen molar-refractivity contribution in [2.75, 3.05) is 47.0 Å². The fraction of sp³-hybridized carbons (Fsp3) is 0.241. The van der Waals surface area contributed by atoms with E-state index >= 15 is 0 Å². The number of rotatable bonds is 3. The Morgan fingerprint density at radius 3 is 1.73 bits per heavy atom. The fourth-order valence-electron chi connectivity index (χ4n) is 5.19. The van der Waals surface area contributed by atoms with Crippen LogP contribution in [-0.4, -0.2) is 27.4 Å². The summed E-state index contributed by atoms with van der Waals surface area (Å²) in [7, 11) is 4.36. The molecular formula is C29H30N4. The van der Waals surface area contributed by atoms with E-state index < -0.39 is 0 Å². The van der Waals surface area contributed by atoms with Gasteiger partial charge in [0, 0.05) is 25.5 Å². The van der Waals surface area contributed by atoms with Gasteiger partial charge in [0.15, 0.2) is 0 Å². The summed E-state index contributed by atoms with van der Waals surface area (Å²) in [5.74, 6) is 0.454. The van der Waals surface area contributed by atoms with Gasteiger partial charge in [-0.05, 0) is 64.7 Å². The van der Waals surface area contributed by atoms with Crippen LogP contribution in [0.3, 0.4) is 0 Å². The number of hydrogen-bond acceptors (Lipinski definition) is 4. The Morgan fingerprint density at radius 1 is 0.576 bits per heavy atom. The molecule has 0 saturated carbocycles. The van der Waals surface area contributed by atoms with Gasteiger partial charge in [0.05, 0.1) is 36.1 Å². The van der Waals surface area contributed by atoms with E-state index in [1.807, 2.05) is 0 Å². The van der Waals surface area contributed by atoms with Crippen LogP contribution in [0.25, 0.3) is 10.8 Å². The monoisotopic (exact) mass is 434 g/mol. The van der Waals surface area contributed by atoms with Crippen molar-refractivity contribution in [3.63, 3.8) is 0 Å². The third-order valence-corrected chi connectivity index (χ3v) is 7.05. The Labute approximate surface area is 196 Å². The molecule has 4 nitrogen and oxygen atoms in total. The van der Waals surface area contributed by atoms with Gasteiger partial charge in [-0.1, -0.05) is 50.2 Å². The van der Waals surface area contributed by atoms with E-state index in [0.717, 1.165) is 13.3 Å². The molecule has 0 aromatic heterocycles. The Morgan fingerprint density at radius 2 is 1.09 bits per heavy atom. The van der Waals surface area contributed by atoms with Crippen LogP contribution in [0.5, 0.6) is 0 Å². The second kappa shape index (κ2) is 7.45. The quantitative estimate of drug-likeness (QED) is 0.342. The summed E-state index contributed by atoms with van der Waals surface area (Å²) in [6.45, 7) is 6.28. The highest BCUT2D eigenvalue weighted by Crippen LogP contribution is 2.46. The van der Waals surface area contributed by atoms with Gasteiger partial charge in [-0.3, -0.25) is 0 Å². The zero-order chi connectivity index (χ0) is 22.7. The maximum atomic E-state index is 2.46. The normalized spacial score (nSPS) is 15.1. The second-order valence-corrected chi connectivity index (χ2v) is 9.65. The van der Waals surface area contributed by atoms with Crippen LogP contribution in [0.15, 0.2) is 78.9 Å². The molecule has 4 aromatic rings. The minimum atomic E-state index is 0.454. The third kappa shape index (κ3) is 3.20. The average Bonchev–Trinajstić information content (AvgIpc) is 3.34. The van der Waals surface area contributed by atoms with E-state index in [4.69, 9.17) is 0 Å². The maximum absolute atomic E-state index is 2.46. The summed E-state index contributed by atoms with van der Waals surface area (Å²) < 4.78 is 0. The van der Waals surface area contributed by atoms with Gasteiger partial charge in [-0.15, -0.1) is 0 Å². The molecule has 0 atom stereocenters. The lowest BCUT2D eigenvalue weighted by Gasteiger charge is -2.26. The van der Waals surface area contributed by atoms with Crippen molar-refractivity contribution < 1.29 is 0 Å². The van der Waals surface area contributed by atoms with Crippen LogP contribution in [0.1, 0.15) is 25.3 Å². The van der Waals surface area contributed by atoms with Crippen molar-refractivity contribution >= 4 is 44.9 Å². The molecule has 166 valence electrons. The standard InChI is InChI=1S/C29H30N4/c1-20(2)23-13-24(32-18-30(3)26-11-7-8-12-27(26)32)17-25(14-23)33-19-31(4)28-15-21-9-5-6-10-22(21)16-29(28)33/h5-17,20H,18-19H2,1-4H3. The van der Waals surface area contributed by atoms with E-state index in [1.165, 1.54) is 50.5 Å². The molecule has 0 N–H and O–H groups in total. The van der Waals surface area contributed by atoms with E-state index in [9.17, 15) is 0 Å². The third-order valence-electron chi connectivity index (χ3n) is 7.05. The first-order chi connectivity index (χ1) is 16.0. The number of hydrogen-bond donors (Lipinski definition) is 0. The molecule has 0 aliphatic carbocycles. The first-order valence-electron chi connectivity index (χ1n) is 11.7. The summed E-state index contributed by atoms with van der Waals surface area (Å²) in [6.07, 6.45) is 0. The van der Waals surface area contributed by atoms with Gasteiger partial charge >= 0.3 is 0 Å². The van der Waals surface area contributed by atoms with Crippen molar-refractivity contribution in [1.29, 1.82) is 0 Å². The van der Waals surface area contributed by atoms with Crippen molar-refractivity contribution in [1.82, 2.24) is 0 Å². The topological polar surface area (TPSA) is 13.0 Å². The van der Waals surface area contributed by atoms with E-state index in [-0.39, 0.29) is 0 Å². The summed E-state index contributed by atoms with van der Waals surface area (Å²) >= 11 is 0. The molecule has 4 aromatic carbocycles. The molecule has 33 heavy (non-hydrogen) atoms. The lowest BCUT2D eigenvalue weighted by Crippen LogP contribution is -2.26. The largest absolute Gasteiger partial charge is 0.355 e. The summed E-state index contributed by atoms with van der Waals surface area (Å²) in [4.78, 5) is 9.57. The van der Waals surface area contributed by atoms with Gasteiger partial charge in [0.2, 0.25) is 0 Å². The first kappa shape index (κ1) is 20.0. The molecule has 0 unspecified atom stereocenters. The van der Waals surface area contributed by atoms with Crippen LogP contribution in [0.4, 0.5) is 34.1 Å². The van der Waals surface area contributed by atoms with Gasteiger partial charge in [0.1, 0.15) is 0 Å². The molecule has 0 radical (unpaired) electrons. The predicted molar refractivity (Wildman–Crippen MR) is 142 cm³/mol. The van der Waals surface area contributed by atoms with Gasteiger partial charge in [-0.25, -0.2) is 0 Å². The maximum Gasteiger partial charge on any atom is 0.0950 e. The molecular weight excluding hydrogens is 404 g/mol. The Bertz CT molecular complexity index is 1360. The fourth-order valence-corrected chi connectivity index (χ4v) is 5.19. The van der Waals surface area contributed by atoms with Crippen molar-refractivity contribution in [3.05, 3.63) is 84.4 Å². The molecule has 0 bridgehead atoms. The highest BCUT2D eigenvalue weighted by Gasteiger charge is 2.28. The molecule has 6 rings (SSSR count). The number of fused-ring (bicyclic) bond motifs is 3. The SMILES string of the molecule is CC(C)c1cc(N2CN(C)c3ccccc32)cc(N2CN(C)c3cc4ccccc4cc32)c1. The Balaban J connectivity index is 1.48. The molecule has 2 aliphatic heterocycles. The number of anilines is 6. The number of para-hydroxylation sites is 2. The van der Waals surface area contributed by atoms with Gasteiger partial charge < -0.3 is 19.6 Å². The van der Waals surface area contributed by atoms with E-state index in [2.05, 4.69) is 126 Å². The van der Waals surface area contributed by atoms with Crippen LogP contribution >= 0.6 is 0 Å². The van der Waals surface area contributed by atoms with Crippen LogP contribution < -0.4 is 19.6 Å². The highest BCUT2D eigenvalue weighted by molar-refractivity contribution is 5.96. The molecule has 0 fully saturated rings. The average molecular weight is 435 g/mol. The first-order valence-corrected chi connectivity index (χ1v) is 11.7. The number of benzene rings is 4. The van der Waals surface area contributed by atoms with Crippen LogP contribution in [0.2, 0.25) is 0 Å². The molecule has 4 heteroatoms. The Hall–Kier alpha value is -3.66. The van der Waals surface area contributed by atoms with Crippen molar-refractivity contribution in [2.24, 2.45) is 0 Å². The molecule has 0 saturated heterocycles. The summed E-state index contributed by atoms with van der Waals surface area (Å²) in [5, 5.41) is 2.57. The van der Waals surface area contributed by atoms with Crippen molar-refractivity contribution in [3.8, 4) is 0 Å². The minimum absolute atomic E-state index is 0.454. The smallest absolute Gasteiger partial charge is 0.0950 e. The van der Waals surface area contributed by atoms with Gasteiger partial charge in [0.25, 0.3) is 0 Å². The molecule has 0 spiro atoms. The van der Waals surface area contributed by atoms with E-state index in [1.54, 1.807) is 0 Å². The van der Waals surface area contributed by atoms with E-state index in [0.29, 0.717) is 5.92 Å². The van der Waals surface area contributed by atoms with Crippen LogP contribution in [-0.2, 0) is 0 Å².